The molecular weight excluding hydrogens is 158 g/mol. The molecule has 0 amide bonds. The summed E-state index contributed by atoms with van der Waals surface area (Å²) in [6.45, 7) is 4.55. The van der Waals surface area contributed by atoms with Crippen LogP contribution >= 0.6 is 0 Å². The minimum absolute atomic E-state index is 0.0974. The molecule has 1 heterocycles. The second-order valence-electron chi connectivity index (χ2n) is 3.33. The maximum absolute atomic E-state index is 10.8. The molecule has 0 bridgehead atoms. The highest BCUT2D eigenvalue weighted by Crippen LogP contribution is 2.15. The molecular formula is C8H13NO3. The van der Waals surface area contributed by atoms with Crippen LogP contribution < -0.4 is 5.32 Å². The number of hydrogen-bond donors (Lipinski definition) is 1. The van der Waals surface area contributed by atoms with E-state index in [1.807, 2.05) is 13.8 Å². The summed E-state index contributed by atoms with van der Waals surface area (Å²) in [5, 5.41) is 3.03. The lowest BCUT2D eigenvalue weighted by molar-refractivity contribution is -0.135. The van der Waals surface area contributed by atoms with Crippen molar-refractivity contribution in [3.8, 4) is 0 Å². The second kappa shape index (κ2) is 3.05. The Morgan fingerprint density at radius 1 is 1.75 bits per heavy atom. The average molecular weight is 171 g/mol. The monoisotopic (exact) mass is 171 g/mol. The van der Waals surface area contributed by atoms with Crippen LogP contribution in [0, 0.1) is 0 Å². The number of methoxy groups -OCH3 is 1. The van der Waals surface area contributed by atoms with Crippen LogP contribution in [0.25, 0.3) is 0 Å². The van der Waals surface area contributed by atoms with Gasteiger partial charge in [-0.2, -0.15) is 0 Å². The van der Waals surface area contributed by atoms with Gasteiger partial charge in [0.25, 0.3) is 0 Å². The van der Waals surface area contributed by atoms with Crippen molar-refractivity contribution in [2.75, 3.05) is 13.7 Å². The lowest BCUT2D eigenvalue weighted by Crippen LogP contribution is -2.34. The van der Waals surface area contributed by atoms with Gasteiger partial charge in [0.05, 0.1) is 18.7 Å². The van der Waals surface area contributed by atoms with E-state index in [2.05, 4.69) is 10.1 Å². The fourth-order valence-corrected chi connectivity index (χ4v) is 0.908. The largest absolute Gasteiger partial charge is 0.477 e. The minimum Gasteiger partial charge on any atom is -0.477 e. The number of carbonyl (C=O) groups excluding carboxylic acids is 1. The van der Waals surface area contributed by atoms with Crippen molar-refractivity contribution in [2.45, 2.75) is 19.4 Å². The highest BCUT2D eigenvalue weighted by atomic mass is 16.5. The number of hydrogen-bond acceptors (Lipinski definition) is 4. The van der Waals surface area contributed by atoms with Gasteiger partial charge < -0.3 is 14.8 Å². The zero-order chi connectivity index (χ0) is 9.19. The topological polar surface area (TPSA) is 47.6 Å². The van der Waals surface area contributed by atoms with Crippen LogP contribution in [-0.2, 0) is 14.3 Å². The summed E-state index contributed by atoms with van der Waals surface area (Å²) in [6, 6.07) is 0. The van der Waals surface area contributed by atoms with Crippen LogP contribution in [0.15, 0.2) is 12.0 Å². The normalized spacial score (nSPS) is 23.1. The molecule has 12 heavy (non-hydrogen) atoms. The van der Waals surface area contributed by atoms with Gasteiger partial charge in [-0.05, 0) is 13.8 Å². The first-order valence-electron chi connectivity index (χ1n) is 3.74. The van der Waals surface area contributed by atoms with E-state index in [1.54, 1.807) is 0 Å². The molecule has 0 unspecified atom stereocenters. The Hall–Kier alpha value is -1.19. The first-order chi connectivity index (χ1) is 5.53. The molecule has 1 saturated heterocycles. The van der Waals surface area contributed by atoms with Crippen LogP contribution in [0.4, 0.5) is 0 Å². The number of ether oxygens (including phenoxy) is 2. The van der Waals surface area contributed by atoms with Gasteiger partial charge in [0.15, 0.2) is 5.88 Å². The minimum atomic E-state index is -0.407. The summed E-state index contributed by atoms with van der Waals surface area (Å²) >= 11 is 0. The standard InChI is InChI=1S/C8H13NO3/c1-8(2)5-12-6(9-8)4-7(10)11-3/h4,9H,5H2,1-3H3/b6-4+. The van der Waals surface area contributed by atoms with Crippen LogP contribution in [0.3, 0.4) is 0 Å². The Balaban J connectivity index is 2.57. The van der Waals surface area contributed by atoms with E-state index in [0.717, 1.165) is 0 Å². The van der Waals surface area contributed by atoms with Gasteiger partial charge in [-0.25, -0.2) is 4.79 Å². The summed E-state index contributed by atoms with van der Waals surface area (Å²) in [6.07, 6.45) is 1.30. The lowest BCUT2D eigenvalue weighted by Gasteiger charge is -2.12. The zero-order valence-corrected chi connectivity index (χ0v) is 7.51. The van der Waals surface area contributed by atoms with E-state index in [9.17, 15) is 4.79 Å². The molecule has 0 aromatic heterocycles. The fourth-order valence-electron chi connectivity index (χ4n) is 0.908. The second-order valence-corrected chi connectivity index (χ2v) is 3.33. The maximum atomic E-state index is 10.8. The third-order valence-electron chi connectivity index (χ3n) is 1.50. The first kappa shape index (κ1) is 8.90. The molecule has 1 N–H and O–H groups in total. The predicted molar refractivity (Wildman–Crippen MR) is 43.3 cm³/mol. The average Bonchev–Trinajstić information content (AvgIpc) is 2.30. The molecule has 0 radical (unpaired) electrons. The van der Waals surface area contributed by atoms with Gasteiger partial charge in [0, 0.05) is 0 Å². The van der Waals surface area contributed by atoms with Crippen molar-refractivity contribution in [2.24, 2.45) is 0 Å². The van der Waals surface area contributed by atoms with Crippen LogP contribution in [0.5, 0.6) is 0 Å². The lowest BCUT2D eigenvalue weighted by atomic mass is 10.1. The molecule has 1 fully saturated rings. The Morgan fingerprint density at radius 3 is 2.83 bits per heavy atom. The van der Waals surface area contributed by atoms with Gasteiger partial charge in [-0.15, -0.1) is 0 Å². The third-order valence-corrected chi connectivity index (χ3v) is 1.50. The van der Waals surface area contributed by atoms with Crippen molar-refractivity contribution in [1.82, 2.24) is 5.32 Å². The summed E-state index contributed by atoms with van der Waals surface area (Å²) in [5.74, 6) is 0.0713. The maximum Gasteiger partial charge on any atom is 0.335 e. The Kier molecular flexibility index (Phi) is 2.26. The van der Waals surface area contributed by atoms with E-state index < -0.39 is 5.97 Å². The number of rotatable bonds is 1. The van der Waals surface area contributed by atoms with E-state index in [1.165, 1.54) is 13.2 Å². The molecule has 0 saturated carbocycles. The van der Waals surface area contributed by atoms with Crippen molar-refractivity contribution < 1.29 is 14.3 Å². The Labute approximate surface area is 71.5 Å². The van der Waals surface area contributed by atoms with E-state index >= 15 is 0 Å². The van der Waals surface area contributed by atoms with Crippen LogP contribution in [0.1, 0.15) is 13.8 Å². The third kappa shape index (κ3) is 2.15. The summed E-state index contributed by atoms with van der Waals surface area (Å²) in [5.41, 5.74) is -0.0974. The van der Waals surface area contributed by atoms with Crippen LogP contribution in [-0.4, -0.2) is 25.2 Å². The van der Waals surface area contributed by atoms with Gasteiger partial charge in [-0.3, -0.25) is 0 Å². The van der Waals surface area contributed by atoms with Gasteiger partial charge in [-0.1, -0.05) is 0 Å². The Morgan fingerprint density at radius 2 is 2.42 bits per heavy atom. The fraction of sp³-hybridized carbons (Fsp3) is 0.625. The number of carbonyl (C=O) groups is 1. The Bertz CT molecular complexity index is 220. The van der Waals surface area contributed by atoms with Gasteiger partial charge in [0.2, 0.25) is 0 Å². The first-order valence-corrected chi connectivity index (χ1v) is 3.74. The number of esters is 1. The molecule has 4 heteroatoms. The van der Waals surface area contributed by atoms with Gasteiger partial charge in [0.1, 0.15) is 6.61 Å². The molecule has 0 atom stereocenters. The van der Waals surface area contributed by atoms with Crippen molar-refractivity contribution >= 4 is 5.97 Å². The molecule has 1 aliphatic heterocycles. The quantitative estimate of drug-likeness (QED) is 0.458. The highest BCUT2D eigenvalue weighted by molar-refractivity contribution is 5.82. The molecule has 0 aliphatic carbocycles. The van der Waals surface area contributed by atoms with E-state index in [-0.39, 0.29) is 5.54 Å². The molecule has 0 aromatic rings. The van der Waals surface area contributed by atoms with Gasteiger partial charge >= 0.3 is 5.97 Å². The summed E-state index contributed by atoms with van der Waals surface area (Å²) in [4.78, 5) is 10.8. The molecule has 68 valence electrons. The van der Waals surface area contributed by atoms with E-state index in [0.29, 0.717) is 12.5 Å². The summed E-state index contributed by atoms with van der Waals surface area (Å²) in [7, 11) is 1.33. The smallest absolute Gasteiger partial charge is 0.335 e. The predicted octanol–water partition coefficient (Wildman–Crippen LogP) is 0.399. The van der Waals surface area contributed by atoms with E-state index in [4.69, 9.17) is 4.74 Å². The van der Waals surface area contributed by atoms with Crippen molar-refractivity contribution in [1.29, 1.82) is 0 Å². The zero-order valence-electron chi connectivity index (χ0n) is 7.51. The molecule has 0 aromatic carbocycles. The van der Waals surface area contributed by atoms with Crippen molar-refractivity contribution in [3.05, 3.63) is 12.0 Å². The SMILES string of the molecule is COC(=O)/C=C1\NC(C)(C)CO1. The molecule has 4 nitrogen and oxygen atoms in total. The summed E-state index contributed by atoms with van der Waals surface area (Å²) < 4.78 is 9.63. The molecule has 1 rings (SSSR count). The van der Waals surface area contributed by atoms with Crippen molar-refractivity contribution in [3.63, 3.8) is 0 Å². The van der Waals surface area contributed by atoms with Crippen LogP contribution in [0.2, 0.25) is 0 Å². The molecule has 1 aliphatic rings. The highest BCUT2D eigenvalue weighted by Gasteiger charge is 2.27. The number of nitrogens with one attached hydrogen (secondary N) is 1. The molecule has 0 spiro atoms.